The number of carbonyl (C=O) groups is 1. The van der Waals surface area contributed by atoms with E-state index in [9.17, 15) is 4.79 Å². The van der Waals surface area contributed by atoms with Crippen molar-refractivity contribution in [2.75, 3.05) is 44.6 Å². The standard InChI is InChI=1S/C24H30N8O4/c1-34-18-9-14(10-19(35-2)21(18)36-3)31-12-20(27-13-31)29-23-15-6-7-26-11-16(15)28-24(30-23)32-8-4-5-17(32)22(25)33/h9-10,12-13,17,26H,4-8,11H2,1-3H3,(H2,25,33)(H,28,29,30). The molecule has 36 heavy (non-hydrogen) atoms. The summed E-state index contributed by atoms with van der Waals surface area (Å²) >= 11 is 0. The van der Waals surface area contributed by atoms with Crippen LogP contribution < -0.4 is 35.5 Å². The molecule has 2 aromatic heterocycles. The lowest BCUT2D eigenvalue weighted by atomic mass is 10.1. The van der Waals surface area contributed by atoms with Crippen LogP contribution in [0.15, 0.2) is 24.7 Å². The molecule has 0 aliphatic carbocycles. The molecule has 0 spiro atoms. The molecule has 1 fully saturated rings. The third kappa shape index (κ3) is 4.35. The van der Waals surface area contributed by atoms with Crippen LogP contribution in [0.3, 0.4) is 0 Å². The molecule has 0 saturated carbocycles. The smallest absolute Gasteiger partial charge is 0.240 e. The molecule has 0 bridgehead atoms. The van der Waals surface area contributed by atoms with Crippen LogP contribution in [-0.4, -0.2) is 65.9 Å². The summed E-state index contributed by atoms with van der Waals surface area (Å²) in [6.45, 7) is 2.15. The summed E-state index contributed by atoms with van der Waals surface area (Å²) in [5.41, 5.74) is 8.38. The van der Waals surface area contributed by atoms with Gasteiger partial charge in [-0.05, 0) is 25.8 Å². The van der Waals surface area contributed by atoms with Gasteiger partial charge in [0.15, 0.2) is 11.5 Å². The Balaban J connectivity index is 1.48. The third-order valence-electron chi connectivity index (χ3n) is 6.54. The Bertz CT molecular complexity index is 1250. The minimum atomic E-state index is -0.397. The third-order valence-corrected chi connectivity index (χ3v) is 6.54. The number of anilines is 3. The first-order chi connectivity index (χ1) is 17.5. The molecule has 12 nitrogen and oxygen atoms in total. The molecule has 1 saturated heterocycles. The molecular weight excluding hydrogens is 464 g/mol. The fourth-order valence-corrected chi connectivity index (χ4v) is 4.75. The Hall–Kier alpha value is -4.06. The van der Waals surface area contributed by atoms with Gasteiger partial charge >= 0.3 is 0 Å². The number of fused-ring (bicyclic) bond motifs is 1. The van der Waals surface area contributed by atoms with Crippen LogP contribution >= 0.6 is 0 Å². The normalized spacial score (nSPS) is 17.0. The van der Waals surface area contributed by atoms with Gasteiger partial charge < -0.3 is 40.0 Å². The maximum absolute atomic E-state index is 12.0. The Morgan fingerprint density at radius 2 is 1.94 bits per heavy atom. The van der Waals surface area contributed by atoms with Crippen molar-refractivity contribution in [2.45, 2.75) is 31.8 Å². The van der Waals surface area contributed by atoms with Crippen molar-refractivity contribution in [3.63, 3.8) is 0 Å². The molecule has 4 heterocycles. The van der Waals surface area contributed by atoms with Gasteiger partial charge in [0.25, 0.3) is 0 Å². The lowest BCUT2D eigenvalue weighted by Crippen LogP contribution is -2.41. The van der Waals surface area contributed by atoms with E-state index in [1.54, 1.807) is 27.7 Å². The van der Waals surface area contributed by atoms with Crippen molar-refractivity contribution in [3.8, 4) is 22.9 Å². The Labute approximate surface area is 208 Å². The SMILES string of the molecule is COc1cc(-n2cnc(Nc3nc(N4CCCC4C(N)=O)nc4c3CCNC4)c2)cc(OC)c1OC. The number of hydrogen-bond donors (Lipinski definition) is 3. The molecule has 4 N–H and O–H groups in total. The van der Waals surface area contributed by atoms with Gasteiger partial charge in [-0.2, -0.15) is 4.98 Å². The van der Waals surface area contributed by atoms with Gasteiger partial charge in [0, 0.05) is 30.8 Å². The molecule has 5 rings (SSSR count). The van der Waals surface area contributed by atoms with Gasteiger partial charge in [-0.25, -0.2) is 9.97 Å². The molecule has 1 atom stereocenters. The fourth-order valence-electron chi connectivity index (χ4n) is 4.75. The zero-order chi connectivity index (χ0) is 25.2. The number of aromatic nitrogens is 4. The number of rotatable bonds is 8. The monoisotopic (exact) mass is 494 g/mol. The van der Waals surface area contributed by atoms with Gasteiger partial charge in [0.05, 0.1) is 38.9 Å². The minimum Gasteiger partial charge on any atom is -0.493 e. The average molecular weight is 495 g/mol. The summed E-state index contributed by atoms with van der Waals surface area (Å²) in [5, 5.41) is 6.73. The number of nitrogens with one attached hydrogen (secondary N) is 2. The Kier molecular flexibility index (Phi) is 6.51. The lowest BCUT2D eigenvalue weighted by molar-refractivity contribution is -0.119. The first-order valence-electron chi connectivity index (χ1n) is 11.8. The highest BCUT2D eigenvalue weighted by atomic mass is 16.5. The van der Waals surface area contributed by atoms with Gasteiger partial charge in [-0.1, -0.05) is 0 Å². The van der Waals surface area contributed by atoms with Gasteiger partial charge in [-0.3, -0.25) is 4.79 Å². The number of carbonyl (C=O) groups excluding carboxylic acids is 1. The van der Waals surface area contributed by atoms with Crippen LogP contribution in [0.2, 0.25) is 0 Å². The minimum absolute atomic E-state index is 0.356. The van der Waals surface area contributed by atoms with E-state index in [0.29, 0.717) is 54.3 Å². The number of methoxy groups -OCH3 is 3. The van der Waals surface area contributed by atoms with Crippen molar-refractivity contribution < 1.29 is 19.0 Å². The molecule has 1 amide bonds. The first kappa shape index (κ1) is 23.7. The summed E-state index contributed by atoms with van der Waals surface area (Å²) in [7, 11) is 4.73. The van der Waals surface area contributed by atoms with Crippen LogP contribution in [0.25, 0.3) is 5.69 Å². The molecule has 2 aliphatic heterocycles. The van der Waals surface area contributed by atoms with Crippen LogP contribution in [0.5, 0.6) is 17.2 Å². The summed E-state index contributed by atoms with van der Waals surface area (Å²) in [5.74, 6) is 3.06. The van der Waals surface area contributed by atoms with Crippen molar-refractivity contribution in [2.24, 2.45) is 5.73 Å². The maximum Gasteiger partial charge on any atom is 0.240 e. The number of hydrogen-bond acceptors (Lipinski definition) is 10. The average Bonchev–Trinajstić information content (AvgIpc) is 3.58. The van der Waals surface area contributed by atoms with Crippen molar-refractivity contribution in [3.05, 3.63) is 35.9 Å². The fraction of sp³-hybridized carbons (Fsp3) is 0.417. The van der Waals surface area contributed by atoms with E-state index >= 15 is 0 Å². The summed E-state index contributed by atoms with van der Waals surface area (Å²) < 4.78 is 18.2. The predicted molar refractivity (Wildman–Crippen MR) is 134 cm³/mol. The van der Waals surface area contributed by atoms with Crippen molar-refractivity contribution >= 4 is 23.5 Å². The number of ether oxygens (including phenoxy) is 3. The van der Waals surface area contributed by atoms with E-state index < -0.39 is 6.04 Å². The van der Waals surface area contributed by atoms with Crippen LogP contribution in [-0.2, 0) is 17.8 Å². The molecule has 2 aliphatic rings. The van der Waals surface area contributed by atoms with Gasteiger partial charge in [0.2, 0.25) is 17.6 Å². The second-order valence-electron chi connectivity index (χ2n) is 8.65. The molecule has 190 valence electrons. The van der Waals surface area contributed by atoms with E-state index in [0.717, 1.165) is 36.3 Å². The highest BCUT2D eigenvalue weighted by molar-refractivity contribution is 5.83. The van der Waals surface area contributed by atoms with Gasteiger partial charge in [-0.15, -0.1) is 0 Å². The molecular formula is C24H30N8O4. The van der Waals surface area contributed by atoms with Crippen molar-refractivity contribution in [1.29, 1.82) is 0 Å². The number of primary amides is 1. The van der Waals surface area contributed by atoms with E-state index in [1.165, 1.54) is 0 Å². The van der Waals surface area contributed by atoms with E-state index in [2.05, 4.69) is 15.6 Å². The summed E-state index contributed by atoms with van der Waals surface area (Å²) in [4.78, 5) is 28.0. The predicted octanol–water partition coefficient (Wildman–Crippen LogP) is 1.53. The lowest BCUT2D eigenvalue weighted by Gasteiger charge is -2.26. The second-order valence-corrected chi connectivity index (χ2v) is 8.65. The van der Waals surface area contributed by atoms with Crippen molar-refractivity contribution in [1.82, 2.24) is 24.8 Å². The summed E-state index contributed by atoms with van der Waals surface area (Å²) in [6.07, 6.45) is 5.91. The highest BCUT2D eigenvalue weighted by Gasteiger charge is 2.32. The largest absolute Gasteiger partial charge is 0.493 e. The topological polar surface area (TPSA) is 142 Å². The second kappa shape index (κ2) is 9.90. The molecule has 3 aromatic rings. The van der Waals surface area contributed by atoms with E-state index in [-0.39, 0.29) is 5.91 Å². The first-order valence-corrected chi connectivity index (χ1v) is 11.8. The number of imidazole rings is 1. The number of nitrogens with two attached hydrogens (primary N) is 1. The number of amides is 1. The van der Waals surface area contributed by atoms with Crippen LogP contribution in [0.1, 0.15) is 24.1 Å². The highest BCUT2D eigenvalue weighted by Crippen LogP contribution is 2.39. The molecule has 12 heteroatoms. The van der Waals surface area contributed by atoms with E-state index in [1.807, 2.05) is 27.8 Å². The number of benzene rings is 1. The maximum atomic E-state index is 12.0. The quantitative estimate of drug-likeness (QED) is 0.422. The van der Waals surface area contributed by atoms with Crippen LogP contribution in [0.4, 0.5) is 17.6 Å². The number of nitrogens with zero attached hydrogens (tertiary/aromatic N) is 5. The molecule has 1 aromatic carbocycles. The zero-order valence-corrected chi connectivity index (χ0v) is 20.6. The molecule has 1 unspecified atom stereocenters. The zero-order valence-electron chi connectivity index (χ0n) is 20.6. The molecule has 0 radical (unpaired) electrons. The van der Waals surface area contributed by atoms with Crippen LogP contribution in [0, 0.1) is 0 Å². The van der Waals surface area contributed by atoms with Gasteiger partial charge in [0.1, 0.15) is 24.0 Å². The Morgan fingerprint density at radius 3 is 2.64 bits per heavy atom. The summed E-state index contributed by atoms with van der Waals surface area (Å²) in [6, 6.07) is 3.30. The Morgan fingerprint density at radius 1 is 1.17 bits per heavy atom. The van der Waals surface area contributed by atoms with E-state index in [4.69, 9.17) is 29.9 Å².